The largest absolute Gasteiger partial charge is 0.350 e. The number of halogens is 2. The molecule has 4 nitrogen and oxygen atoms in total. The molecule has 1 heterocycles. The van der Waals surface area contributed by atoms with Crippen molar-refractivity contribution in [3.63, 3.8) is 0 Å². The Kier molecular flexibility index (Phi) is 3.42. The molecule has 2 aromatic carbocycles. The zero-order valence-electron chi connectivity index (χ0n) is 11.3. The van der Waals surface area contributed by atoms with Crippen LogP contribution in [0.5, 0.6) is 0 Å². The van der Waals surface area contributed by atoms with Crippen LogP contribution in [0.1, 0.15) is 11.3 Å². The number of nitrogens with zero attached hydrogens (tertiary/aromatic N) is 2. The van der Waals surface area contributed by atoms with Gasteiger partial charge in [0.1, 0.15) is 17.2 Å². The van der Waals surface area contributed by atoms with Gasteiger partial charge in [-0.3, -0.25) is 0 Å². The van der Waals surface area contributed by atoms with Gasteiger partial charge in [-0.1, -0.05) is 18.2 Å². The lowest BCUT2D eigenvalue weighted by Gasteiger charge is -1.96. The highest BCUT2D eigenvalue weighted by atomic mass is 19.1. The first kappa shape index (κ1) is 13.9. The highest BCUT2D eigenvalue weighted by Crippen LogP contribution is 2.22. The van der Waals surface area contributed by atoms with Crippen LogP contribution in [0.15, 0.2) is 36.4 Å². The van der Waals surface area contributed by atoms with Crippen LogP contribution in [0, 0.1) is 17.7 Å². The third-order valence-electron chi connectivity index (χ3n) is 3.11. The van der Waals surface area contributed by atoms with E-state index in [0.29, 0.717) is 16.6 Å². The number of nitrogens with two attached hydrogens (primary N) is 1. The van der Waals surface area contributed by atoms with Gasteiger partial charge in [-0.2, -0.15) is 9.78 Å². The summed E-state index contributed by atoms with van der Waals surface area (Å²) >= 11 is 0. The minimum absolute atomic E-state index is 0.00913. The Labute approximate surface area is 124 Å². The van der Waals surface area contributed by atoms with E-state index in [4.69, 9.17) is 5.73 Å². The molecule has 1 aromatic heterocycles. The van der Waals surface area contributed by atoms with Crippen molar-refractivity contribution in [1.82, 2.24) is 9.78 Å². The van der Waals surface area contributed by atoms with E-state index in [-0.39, 0.29) is 11.3 Å². The number of hydrogen-bond donors (Lipinski definition) is 1. The summed E-state index contributed by atoms with van der Waals surface area (Å²) in [4.78, 5) is 11.4. The molecule has 0 spiro atoms. The van der Waals surface area contributed by atoms with Crippen LogP contribution >= 0.6 is 0 Å². The molecule has 0 aliphatic rings. The van der Waals surface area contributed by atoms with Gasteiger partial charge in [-0.25, -0.2) is 13.6 Å². The number of amides is 1. The van der Waals surface area contributed by atoms with Gasteiger partial charge in [0.25, 0.3) is 0 Å². The molecule has 0 atom stereocenters. The summed E-state index contributed by atoms with van der Waals surface area (Å²) in [5.41, 5.74) is 6.15. The number of aromatic nitrogens is 2. The predicted molar refractivity (Wildman–Crippen MR) is 78.8 cm³/mol. The smallest absolute Gasteiger partial charge is 0.340 e. The summed E-state index contributed by atoms with van der Waals surface area (Å²) in [5, 5.41) is 4.38. The molecule has 0 aliphatic heterocycles. The predicted octanol–water partition coefficient (Wildman–Crippen LogP) is 3.21. The molecule has 22 heavy (non-hydrogen) atoms. The van der Waals surface area contributed by atoms with Crippen molar-refractivity contribution >= 4 is 29.1 Å². The number of hydrogen-bond acceptors (Lipinski definition) is 2. The number of primary amides is 1. The average molecular weight is 298 g/mol. The zero-order chi connectivity index (χ0) is 15.7. The van der Waals surface area contributed by atoms with E-state index in [1.807, 2.05) is 0 Å². The summed E-state index contributed by atoms with van der Waals surface area (Å²) in [6, 6.07) is 10.3. The SMILES string of the molecule is NC(=O)n1nc(/C=C/c2cccc(F)c2)c2c[c]cc(F)c21. The molecule has 1 radical (unpaired) electrons. The van der Waals surface area contributed by atoms with Crippen LogP contribution in [-0.4, -0.2) is 15.8 Å². The highest BCUT2D eigenvalue weighted by Gasteiger charge is 2.15. The average Bonchev–Trinajstić information content (AvgIpc) is 2.86. The zero-order valence-corrected chi connectivity index (χ0v) is 11.3. The third kappa shape index (κ3) is 2.46. The molecule has 0 unspecified atom stereocenters. The molecule has 3 rings (SSSR count). The van der Waals surface area contributed by atoms with Gasteiger partial charge in [0.2, 0.25) is 0 Å². The normalized spacial score (nSPS) is 11.4. The lowest BCUT2D eigenvalue weighted by Crippen LogP contribution is -2.21. The minimum atomic E-state index is -0.888. The van der Waals surface area contributed by atoms with E-state index in [1.54, 1.807) is 24.3 Å². The number of rotatable bonds is 2. The van der Waals surface area contributed by atoms with Gasteiger partial charge in [-0.15, -0.1) is 0 Å². The molecule has 0 aliphatic carbocycles. The van der Waals surface area contributed by atoms with Gasteiger partial charge < -0.3 is 5.73 Å². The fraction of sp³-hybridized carbons (Fsp3) is 0. The van der Waals surface area contributed by atoms with Gasteiger partial charge in [0, 0.05) is 5.39 Å². The van der Waals surface area contributed by atoms with Crippen molar-refractivity contribution in [3.05, 3.63) is 65.4 Å². The van der Waals surface area contributed by atoms with Crippen LogP contribution < -0.4 is 5.73 Å². The molecule has 1 amide bonds. The fourth-order valence-electron chi connectivity index (χ4n) is 2.15. The molecule has 3 aromatic rings. The second kappa shape index (κ2) is 5.40. The molecular formula is C16H10F2N3O. The van der Waals surface area contributed by atoms with Gasteiger partial charge in [0.05, 0.1) is 5.69 Å². The maximum atomic E-state index is 13.9. The summed E-state index contributed by atoms with van der Waals surface area (Å²) in [5.74, 6) is -1.01. The minimum Gasteiger partial charge on any atom is -0.350 e. The van der Waals surface area contributed by atoms with E-state index >= 15 is 0 Å². The van der Waals surface area contributed by atoms with Gasteiger partial charge in [-0.05, 0) is 42.0 Å². The van der Waals surface area contributed by atoms with Crippen molar-refractivity contribution in [2.45, 2.75) is 0 Å². The van der Waals surface area contributed by atoms with Crippen LogP contribution in [0.4, 0.5) is 13.6 Å². The first-order valence-electron chi connectivity index (χ1n) is 6.38. The van der Waals surface area contributed by atoms with Crippen molar-refractivity contribution in [3.8, 4) is 0 Å². The Morgan fingerprint density at radius 3 is 2.82 bits per heavy atom. The van der Waals surface area contributed by atoms with Gasteiger partial charge >= 0.3 is 6.03 Å². The monoisotopic (exact) mass is 298 g/mol. The summed E-state index contributed by atoms with van der Waals surface area (Å²) in [7, 11) is 0. The molecule has 0 fully saturated rings. The van der Waals surface area contributed by atoms with E-state index < -0.39 is 11.8 Å². The van der Waals surface area contributed by atoms with E-state index in [9.17, 15) is 13.6 Å². The molecule has 0 saturated heterocycles. The maximum Gasteiger partial charge on any atom is 0.340 e. The Hall–Kier alpha value is -3.02. The van der Waals surface area contributed by atoms with E-state index in [0.717, 1.165) is 10.7 Å². The third-order valence-corrected chi connectivity index (χ3v) is 3.11. The van der Waals surface area contributed by atoms with Crippen LogP contribution in [-0.2, 0) is 0 Å². The fourth-order valence-corrected chi connectivity index (χ4v) is 2.15. The Bertz CT molecular complexity index is 900. The topological polar surface area (TPSA) is 60.9 Å². The first-order valence-corrected chi connectivity index (χ1v) is 6.38. The Balaban J connectivity index is 2.12. The second-order valence-corrected chi connectivity index (χ2v) is 4.59. The van der Waals surface area contributed by atoms with E-state index in [1.165, 1.54) is 18.2 Å². The van der Waals surface area contributed by atoms with Crippen molar-refractivity contribution < 1.29 is 13.6 Å². The number of benzene rings is 2. The number of fused-ring (bicyclic) bond motifs is 1. The molecule has 0 saturated carbocycles. The standard InChI is InChI=1S/C16H10F2N3O/c17-11-4-1-3-10(9-11)7-8-14-12-5-2-6-13(18)15(12)21(20-14)16(19)22/h1,3-9H,(H2,19,22)/b8-7+. The highest BCUT2D eigenvalue weighted by molar-refractivity contribution is 5.95. The quantitative estimate of drug-likeness (QED) is 0.789. The van der Waals surface area contributed by atoms with Crippen LogP contribution in [0.2, 0.25) is 0 Å². The maximum absolute atomic E-state index is 13.9. The van der Waals surface area contributed by atoms with Crippen molar-refractivity contribution in [1.29, 1.82) is 0 Å². The summed E-state index contributed by atoms with van der Waals surface area (Å²) < 4.78 is 27.8. The second-order valence-electron chi connectivity index (χ2n) is 4.59. The molecular weight excluding hydrogens is 288 g/mol. The van der Waals surface area contributed by atoms with E-state index in [2.05, 4.69) is 11.2 Å². The Morgan fingerprint density at radius 1 is 1.27 bits per heavy atom. The van der Waals surface area contributed by atoms with Crippen LogP contribution in [0.25, 0.3) is 23.1 Å². The Morgan fingerprint density at radius 2 is 2.09 bits per heavy atom. The van der Waals surface area contributed by atoms with Gasteiger partial charge in [0.15, 0.2) is 0 Å². The van der Waals surface area contributed by atoms with Crippen LogP contribution in [0.3, 0.4) is 0 Å². The summed E-state index contributed by atoms with van der Waals surface area (Å²) in [6.45, 7) is 0. The van der Waals surface area contributed by atoms with Crippen molar-refractivity contribution in [2.24, 2.45) is 5.73 Å². The lowest BCUT2D eigenvalue weighted by atomic mass is 10.1. The molecule has 2 N–H and O–H groups in total. The lowest BCUT2D eigenvalue weighted by molar-refractivity contribution is 0.248. The first-order chi connectivity index (χ1) is 10.6. The molecule has 109 valence electrons. The number of carbonyl (C=O) groups is 1. The van der Waals surface area contributed by atoms with Crippen molar-refractivity contribution in [2.75, 3.05) is 0 Å². The summed E-state index contributed by atoms with van der Waals surface area (Å²) in [6.07, 6.45) is 3.17. The molecule has 0 bridgehead atoms. The number of carbonyl (C=O) groups excluding carboxylic acids is 1. The molecule has 6 heteroatoms.